The molecule has 2 aromatic carbocycles. The molecule has 0 heterocycles. The second-order valence-corrected chi connectivity index (χ2v) is 6.17. The van der Waals surface area contributed by atoms with Crippen molar-refractivity contribution in [1.29, 1.82) is 0 Å². The monoisotopic (exact) mass is 329 g/mol. The molecule has 5 heteroatoms. The lowest BCUT2D eigenvalue weighted by atomic mass is 10.1. The number of carbonyl (C=O) groups excluding carboxylic acids is 1. The summed E-state index contributed by atoms with van der Waals surface area (Å²) < 4.78 is 18.8. The maximum Gasteiger partial charge on any atom is 0.226 e. The van der Waals surface area contributed by atoms with Crippen LogP contribution in [0.1, 0.15) is 23.5 Å². The van der Waals surface area contributed by atoms with Crippen LogP contribution in [0.15, 0.2) is 42.5 Å². The average molecular weight is 329 g/mol. The van der Waals surface area contributed by atoms with Crippen LogP contribution in [0.4, 0.5) is 4.39 Å². The van der Waals surface area contributed by atoms with E-state index < -0.39 is 0 Å². The number of rotatable bonds is 5. The number of hydrogen-bond acceptors (Lipinski definition) is 3. The van der Waals surface area contributed by atoms with Crippen LogP contribution in [-0.4, -0.2) is 30.1 Å². The third-order valence-electron chi connectivity index (χ3n) is 4.45. The van der Waals surface area contributed by atoms with Crippen LogP contribution < -0.4 is 4.74 Å². The van der Waals surface area contributed by atoms with Crippen molar-refractivity contribution in [3.05, 3.63) is 59.4 Å². The SMILES string of the molecule is COc1ccc(CN(C)C(=O)[C@H]2C[C@H]2c2ccccc2F)cc1O. The van der Waals surface area contributed by atoms with E-state index in [1.54, 1.807) is 42.3 Å². The molecule has 0 radical (unpaired) electrons. The Kier molecular flexibility index (Phi) is 4.42. The Hall–Kier alpha value is -2.56. The smallest absolute Gasteiger partial charge is 0.226 e. The summed E-state index contributed by atoms with van der Waals surface area (Å²) in [5.41, 5.74) is 1.43. The summed E-state index contributed by atoms with van der Waals surface area (Å²) in [6.45, 7) is 0.386. The van der Waals surface area contributed by atoms with Crippen LogP contribution in [0.25, 0.3) is 0 Å². The van der Waals surface area contributed by atoms with Gasteiger partial charge in [-0.3, -0.25) is 4.79 Å². The molecule has 0 bridgehead atoms. The van der Waals surface area contributed by atoms with Crippen LogP contribution in [-0.2, 0) is 11.3 Å². The maximum atomic E-state index is 13.8. The van der Waals surface area contributed by atoms with E-state index in [1.807, 2.05) is 6.07 Å². The van der Waals surface area contributed by atoms with Crippen LogP contribution in [0, 0.1) is 11.7 Å². The maximum absolute atomic E-state index is 13.8. The number of nitrogens with zero attached hydrogens (tertiary/aromatic N) is 1. The summed E-state index contributed by atoms with van der Waals surface area (Å²) in [7, 11) is 3.21. The number of ether oxygens (including phenoxy) is 1. The number of methoxy groups -OCH3 is 1. The minimum atomic E-state index is -0.250. The van der Waals surface area contributed by atoms with E-state index in [0.29, 0.717) is 24.3 Å². The second-order valence-electron chi connectivity index (χ2n) is 6.17. The molecule has 4 nitrogen and oxygen atoms in total. The van der Waals surface area contributed by atoms with Gasteiger partial charge in [-0.05, 0) is 41.7 Å². The zero-order chi connectivity index (χ0) is 17.3. The van der Waals surface area contributed by atoms with Crippen molar-refractivity contribution >= 4 is 5.91 Å². The Labute approximate surface area is 140 Å². The van der Waals surface area contributed by atoms with Gasteiger partial charge in [0, 0.05) is 19.5 Å². The number of halogens is 1. The Bertz CT molecular complexity index is 762. The van der Waals surface area contributed by atoms with Gasteiger partial charge in [-0.1, -0.05) is 24.3 Å². The molecule has 0 saturated heterocycles. The van der Waals surface area contributed by atoms with Crippen molar-refractivity contribution in [2.75, 3.05) is 14.2 Å². The van der Waals surface area contributed by atoms with Gasteiger partial charge in [0.15, 0.2) is 11.5 Å². The van der Waals surface area contributed by atoms with E-state index in [1.165, 1.54) is 13.2 Å². The van der Waals surface area contributed by atoms with Crippen molar-refractivity contribution in [3.8, 4) is 11.5 Å². The van der Waals surface area contributed by atoms with Crippen LogP contribution in [0.5, 0.6) is 11.5 Å². The zero-order valence-electron chi connectivity index (χ0n) is 13.7. The lowest BCUT2D eigenvalue weighted by Crippen LogP contribution is -2.28. The third-order valence-corrected chi connectivity index (χ3v) is 4.45. The number of aromatic hydroxyl groups is 1. The number of carbonyl (C=O) groups is 1. The largest absolute Gasteiger partial charge is 0.504 e. The minimum Gasteiger partial charge on any atom is -0.504 e. The molecule has 1 fully saturated rings. The molecule has 24 heavy (non-hydrogen) atoms. The van der Waals surface area contributed by atoms with Crippen molar-refractivity contribution in [3.63, 3.8) is 0 Å². The van der Waals surface area contributed by atoms with E-state index in [4.69, 9.17) is 4.74 Å². The topological polar surface area (TPSA) is 49.8 Å². The summed E-state index contributed by atoms with van der Waals surface area (Å²) in [6, 6.07) is 11.7. The Morgan fingerprint density at radius 2 is 2.08 bits per heavy atom. The predicted molar refractivity (Wildman–Crippen MR) is 88.4 cm³/mol. The highest BCUT2D eigenvalue weighted by Gasteiger charge is 2.46. The Balaban J connectivity index is 1.64. The molecule has 1 aliphatic carbocycles. The first-order valence-electron chi connectivity index (χ1n) is 7.86. The molecule has 1 saturated carbocycles. The van der Waals surface area contributed by atoms with E-state index in [9.17, 15) is 14.3 Å². The molecule has 0 aromatic heterocycles. The van der Waals surface area contributed by atoms with Gasteiger partial charge < -0.3 is 14.7 Å². The number of phenols is 1. The van der Waals surface area contributed by atoms with Gasteiger partial charge in [-0.25, -0.2) is 4.39 Å². The summed E-state index contributed by atoms with van der Waals surface area (Å²) in [5.74, 6) is -0.00991. The van der Waals surface area contributed by atoms with Crippen molar-refractivity contribution in [2.24, 2.45) is 5.92 Å². The molecule has 126 valence electrons. The molecule has 2 atom stereocenters. The Morgan fingerprint density at radius 1 is 1.33 bits per heavy atom. The molecule has 3 rings (SSSR count). The van der Waals surface area contributed by atoms with Crippen LogP contribution in [0.2, 0.25) is 0 Å². The molecule has 0 spiro atoms. The number of phenolic OH excluding ortho intramolecular Hbond substituents is 1. The van der Waals surface area contributed by atoms with Gasteiger partial charge in [0.1, 0.15) is 5.82 Å². The Morgan fingerprint density at radius 3 is 2.75 bits per heavy atom. The normalized spacial score (nSPS) is 19.0. The van der Waals surface area contributed by atoms with E-state index in [2.05, 4.69) is 0 Å². The summed E-state index contributed by atoms with van der Waals surface area (Å²) in [5, 5.41) is 9.82. The molecular weight excluding hydrogens is 309 g/mol. The van der Waals surface area contributed by atoms with Gasteiger partial charge in [0.25, 0.3) is 0 Å². The highest BCUT2D eigenvalue weighted by atomic mass is 19.1. The molecule has 1 amide bonds. The van der Waals surface area contributed by atoms with Crippen molar-refractivity contribution < 1.29 is 19.0 Å². The summed E-state index contributed by atoms with van der Waals surface area (Å²) >= 11 is 0. The lowest BCUT2D eigenvalue weighted by molar-refractivity contribution is -0.131. The zero-order valence-corrected chi connectivity index (χ0v) is 13.7. The molecular formula is C19H20FNO3. The van der Waals surface area contributed by atoms with E-state index >= 15 is 0 Å². The second kappa shape index (κ2) is 6.51. The fourth-order valence-corrected chi connectivity index (χ4v) is 3.06. The standard InChI is InChI=1S/C19H20FNO3/c1-21(11-12-7-8-18(24-2)17(22)9-12)19(23)15-10-14(15)13-5-3-4-6-16(13)20/h3-9,14-15,22H,10-11H2,1-2H3/t14-,15-/m0/s1. The highest BCUT2D eigenvalue weighted by molar-refractivity contribution is 5.82. The quantitative estimate of drug-likeness (QED) is 0.916. The minimum absolute atomic E-state index is 0.00133. The first-order chi connectivity index (χ1) is 11.5. The third kappa shape index (κ3) is 3.20. The predicted octanol–water partition coefficient (Wildman–Crippen LogP) is 3.30. The molecule has 1 N–H and O–H groups in total. The first kappa shape index (κ1) is 16.3. The van der Waals surface area contributed by atoms with Gasteiger partial charge in [0.2, 0.25) is 5.91 Å². The number of benzene rings is 2. The molecule has 0 aliphatic heterocycles. The van der Waals surface area contributed by atoms with Crippen LogP contribution >= 0.6 is 0 Å². The van der Waals surface area contributed by atoms with E-state index in [0.717, 1.165) is 5.56 Å². The summed E-state index contributed by atoms with van der Waals surface area (Å²) in [4.78, 5) is 14.1. The fraction of sp³-hybridized carbons (Fsp3) is 0.316. The summed E-state index contributed by atoms with van der Waals surface area (Å²) in [6.07, 6.45) is 0.679. The first-order valence-corrected chi connectivity index (χ1v) is 7.86. The fourth-order valence-electron chi connectivity index (χ4n) is 3.06. The van der Waals surface area contributed by atoms with Gasteiger partial charge in [0.05, 0.1) is 7.11 Å². The van der Waals surface area contributed by atoms with Crippen molar-refractivity contribution in [1.82, 2.24) is 4.90 Å². The molecule has 0 unspecified atom stereocenters. The van der Waals surface area contributed by atoms with E-state index in [-0.39, 0.29) is 29.3 Å². The average Bonchev–Trinajstić information content (AvgIpc) is 3.35. The molecule has 2 aromatic rings. The van der Waals surface area contributed by atoms with Crippen molar-refractivity contribution in [2.45, 2.75) is 18.9 Å². The highest BCUT2D eigenvalue weighted by Crippen LogP contribution is 2.49. The van der Waals surface area contributed by atoms with Gasteiger partial charge in [-0.15, -0.1) is 0 Å². The molecule has 1 aliphatic rings. The number of hydrogen-bond donors (Lipinski definition) is 1. The van der Waals surface area contributed by atoms with Gasteiger partial charge in [-0.2, -0.15) is 0 Å². The van der Waals surface area contributed by atoms with Gasteiger partial charge >= 0.3 is 0 Å². The lowest BCUT2D eigenvalue weighted by Gasteiger charge is -2.18. The number of amides is 1. The van der Waals surface area contributed by atoms with Crippen LogP contribution in [0.3, 0.4) is 0 Å².